The minimum Gasteiger partial charge on any atom is -0.462 e. The largest absolute Gasteiger partial charge is 0.462 e. The molecule has 0 spiro atoms. The van der Waals surface area contributed by atoms with Crippen molar-refractivity contribution >= 4 is 11.9 Å². The van der Waals surface area contributed by atoms with Gasteiger partial charge in [-0.3, -0.25) is 9.59 Å². The van der Waals surface area contributed by atoms with Crippen molar-refractivity contribution in [1.82, 2.24) is 5.32 Å². The van der Waals surface area contributed by atoms with Gasteiger partial charge in [0.05, 0.1) is 25.2 Å². The maximum Gasteiger partial charge on any atom is 0.306 e. The lowest BCUT2D eigenvalue weighted by Crippen LogP contribution is -2.46. The van der Waals surface area contributed by atoms with Gasteiger partial charge in [-0.25, -0.2) is 0 Å². The lowest BCUT2D eigenvalue weighted by atomic mass is 10.0. The highest BCUT2D eigenvalue weighted by atomic mass is 16.5. The molecule has 0 aliphatic carbocycles. The van der Waals surface area contributed by atoms with Crippen LogP contribution in [0.15, 0.2) is 97.2 Å². The Balaban J connectivity index is 4.68. The number of nitrogens with one attached hydrogen (secondary N) is 1. The lowest BCUT2D eigenvalue weighted by Gasteiger charge is -2.24. The molecule has 6 nitrogen and oxygen atoms in total. The van der Waals surface area contributed by atoms with Crippen molar-refractivity contribution < 1.29 is 24.5 Å². The molecule has 1 amide bonds. The average molecular weight is 961 g/mol. The number of amides is 1. The molecule has 69 heavy (non-hydrogen) atoms. The fourth-order valence-electron chi connectivity index (χ4n) is 8.29. The van der Waals surface area contributed by atoms with Crippen LogP contribution in [0.25, 0.3) is 0 Å². The van der Waals surface area contributed by atoms with Crippen molar-refractivity contribution in [3.05, 3.63) is 97.2 Å². The zero-order valence-electron chi connectivity index (χ0n) is 45.2. The van der Waals surface area contributed by atoms with Gasteiger partial charge in [-0.05, 0) is 109 Å². The molecule has 0 fully saturated rings. The van der Waals surface area contributed by atoms with Gasteiger partial charge in [0.25, 0.3) is 0 Å². The minimum atomic E-state index is -0.810. The van der Waals surface area contributed by atoms with Crippen LogP contribution in [-0.4, -0.2) is 46.9 Å². The highest BCUT2D eigenvalue weighted by Gasteiger charge is 2.24. The molecule has 3 atom stereocenters. The molecular weight excluding hydrogens is 851 g/mol. The zero-order valence-corrected chi connectivity index (χ0v) is 45.2. The molecule has 0 rings (SSSR count). The van der Waals surface area contributed by atoms with Gasteiger partial charge in [0.15, 0.2) is 0 Å². The molecule has 0 saturated carbocycles. The Labute approximate surface area is 426 Å². The summed E-state index contributed by atoms with van der Waals surface area (Å²) in [6.45, 7) is 6.34. The van der Waals surface area contributed by atoms with Crippen molar-refractivity contribution in [2.24, 2.45) is 0 Å². The summed E-state index contributed by atoms with van der Waals surface area (Å²) in [4.78, 5) is 26.3. The highest BCUT2D eigenvalue weighted by Crippen LogP contribution is 2.17. The number of esters is 1. The Hall–Kier alpha value is -3.22. The van der Waals surface area contributed by atoms with E-state index in [-0.39, 0.29) is 24.9 Å². The van der Waals surface area contributed by atoms with Crippen LogP contribution < -0.4 is 5.32 Å². The van der Waals surface area contributed by atoms with Crippen molar-refractivity contribution in [1.29, 1.82) is 0 Å². The average Bonchev–Trinajstić information content (AvgIpc) is 3.34. The monoisotopic (exact) mass is 960 g/mol. The van der Waals surface area contributed by atoms with Gasteiger partial charge in [0, 0.05) is 6.42 Å². The van der Waals surface area contributed by atoms with E-state index in [1.807, 2.05) is 0 Å². The Bertz CT molecular complexity index is 1350. The van der Waals surface area contributed by atoms with Crippen molar-refractivity contribution in [3.8, 4) is 0 Å². The molecular formula is C63H109NO5. The third-order valence-electron chi connectivity index (χ3n) is 12.6. The van der Waals surface area contributed by atoms with Gasteiger partial charge >= 0.3 is 5.97 Å². The predicted octanol–water partition coefficient (Wildman–Crippen LogP) is 18.1. The second kappa shape index (κ2) is 55.7. The van der Waals surface area contributed by atoms with Gasteiger partial charge < -0.3 is 20.3 Å². The molecule has 0 aliphatic rings. The van der Waals surface area contributed by atoms with E-state index in [0.717, 1.165) is 109 Å². The summed E-state index contributed by atoms with van der Waals surface area (Å²) < 4.78 is 5.93. The number of hydrogen-bond donors (Lipinski definition) is 3. The normalized spacial score (nSPS) is 13.9. The SMILES string of the molecule is CC/C=C\C/C=C\C/C=C\C/C=C\C/C=C\CCCCCC(=O)OC(CCCC/C=C\C/C=C\C/C=C\CCCCC)CC(=O)NC(CO)C(O)CCCCCCCCCCCCCCCCCC. The summed E-state index contributed by atoms with van der Waals surface area (Å²) in [6.07, 6.45) is 74.7. The lowest BCUT2D eigenvalue weighted by molar-refractivity contribution is -0.151. The summed E-state index contributed by atoms with van der Waals surface area (Å²) in [6, 6.07) is -0.728. The van der Waals surface area contributed by atoms with Crippen molar-refractivity contribution in [2.45, 2.75) is 283 Å². The van der Waals surface area contributed by atoms with Gasteiger partial charge in [-0.1, -0.05) is 240 Å². The van der Waals surface area contributed by atoms with E-state index < -0.39 is 18.2 Å². The molecule has 0 aromatic rings. The third-order valence-corrected chi connectivity index (χ3v) is 12.6. The number of unbranched alkanes of at least 4 members (excludes halogenated alkanes) is 23. The fraction of sp³-hybridized carbons (Fsp3) is 0.714. The molecule has 0 saturated heterocycles. The van der Waals surface area contributed by atoms with Crippen LogP contribution in [0.2, 0.25) is 0 Å². The zero-order chi connectivity index (χ0) is 50.2. The number of carbonyl (C=O) groups is 2. The topological polar surface area (TPSA) is 95.9 Å². The predicted molar refractivity (Wildman–Crippen MR) is 300 cm³/mol. The van der Waals surface area contributed by atoms with E-state index in [1.165, 1.54) is 109 Å². The van der Waals surface area contributed by atoms with E-state index >= 15 is 0 Å². The summed E-state index contributed by atoms with van der Waals surface area (Å²) in [5.41, 5.74) is 0. The summed E-state index contributed by atoms with van der Waals surface area (Å²) in [7, 11) is 0. The van der Waals surface area contributed by atoms with Crippen LogP contribution in [0.5, 0.6) is 0 Å². The van der Waals surface area contributed by atoms with Gasteiger partial charge in [-0.15, -0.1) is 0 Å². The molecule has 396 valence electrons. The van der Waals surface area contributed by atoms with Gasteiger partial charge in [0.1, 0.15) is 6.10 Å². The molecule has 0 heterocycles. The number of rotatable bonds is 51. The smallest absolute Gasteiger partial charge is 0.306 e. The third kappa shape index (κ3) is 51.0. The van der Waals surface area contributed by atoms with Crippen LogP contribution in [0.3, 0.4) is 0 Å². The molecule has 0 radical (unpaired) electrons. The van der Waals surface area contributed by atoms with E-state index in [2.05, 4.69) is 123 Å². The Morgan fingerprint density at radius 1 is 0.435 bits per heavy atom. The second-order valence-corrected chi connectivity index (χ2v) is 19.3. The quantitative estimate of drug-likeness (QED) is 0.0321. The maximum atomic E-state index is 13.3. The van der Waals surface area contributed by atoms with Crippen LogP contribution in [0.1, 0.15) is 265 Å². The van der Waals surface area contributed by atoms with Crippen LogP contribution in [-0.2, 0) is 14.3 Å². The number of carbonyl (C=O) groups excluding carboxylic acids is 2. The number of allylic oxidation sites excluding steroid dienone is 16. The van der Waals surface area contributed by atoms with Crippen molar-refractivity contribution in [3.63, 3.8) is 0 Å². The first kappa shape index (κ1) is 65.8. The van der Waals surface area contributed by atoms with E-state index in [0.29, 0.717) is 19.3 Å². The van der Waals surface area contributed by atoms with E-state index in [9.17, 15) is 19.8 Å². The Kier molecular flexibility index (Phi) is 53.1. The molecule has 0 aliphatic heterocycles. The van der Waals surface area contributed by atoms with Gasteiger partial charge in [0.2, 0.25) is 5.91 Å². The molecule has 6 heteroatoms. The number of aliphatic hydroxyl groups excluding tert-OH is 2. The minimum absolute atomic E-state index is 0.0335. The number of aliphatic hydroxyl groups is 2. The Morgan fingerprint density at radius 3 is 1.22 bits per heavy atom. The first-order valence-electron chi connectivity index (χ1n) is 29.0. The molecule has 3 N–H and O–H groups in total. The molecule has 0 aromatic carbocycles. The molecule has 0 bridgehead atoms. The first-order chi connectivity index (χ1) is 34.0. The Morgan fingerprint density at radius 2 is 0.783 bits per heavy atom. The summed E-state index contributed by atoms with van der Waals surface area (Å²) in [5.74, 6) is -0.551. The maximum absolute atomic E-state index is 13.3. The first-order valence-corrected chi connectivity index (χ1v) is 29.0. The van der Waals surface area contributed by atoms with Gasteiger partial charge in [-0.2, -0.15) is 0 Å². The standard InChI is InChI=1S/C63H109NO5/c1-4-7-10-13-16-19-22-25-28-30-31-32-35-38-41-44-47-50-53-56-63(68)69-59(54-51-48-45-42-39-36-33-27-24-21-18-15-12-9-6-3)57-62(67)64-60(58-65)61(66)55-52-49-46-43-40-37-34-29-26-23-20-17-14-11-8-5-2/h7,10,16,18-19,21,25,27-28,31-33,38-39,41-42,59-61,65-66H,4-6,8-9,11-15,17,20,22-24,26,29-30,34-37,40,43-58H2,1-3H3,(H,64,67)/b10-7-,19-16-,21-18-,28-25-,32-31-,33-27-,41-38-,42-39-. The second-order valence-electron chi connectivity index (χ2n) is 19.3. The van der Waals surface area contributed by atoms with E-state index in [1.54, 1.807) is 0 Å². The molecule has 0 aromatic heterocycles. The van der Waals surface area contributed by atoms with Crippen LogP contribution in [0.4, 0.5) is 0 Å². The van der Waals surface area contributed by atoms with Crippen LogP contribution in [0, 0.1) is 0 Å². The molecule has 3 unspecified atom stereocenters. The summed E-state index contributed by atoms with van der Waals surface area (Å²) >= 11 is 0. The van der Waals surface area contributed by atoms with E-state index in [4.69, 9.17) is 4.74 Å². The fourth-order valence-corrected chi connectivity index (χ4v) is 8.29. The number of hydrogen-bond acceptors (Lipinski definition) is 5. The summed E-state index contributed by atoms with van der Waals surface area (Å²) in [5, 5.41) is 23.9. The number of ether oxygens (including phenoxy) is 1. The van der Waals surface area contributed by atoms with Crippen molar-refractivity contribution in [2.75, 3.05) is 6.61 Å². The highest BCUT2D eigenvalue weighted by molar-refractivity contribution is 5.77. The van der Waals surface area contributed by atoms with Crippen LogP contribution >= 0.6 is 0 Å².